The standard InChI is InChI=1S/C17H20O3/c1-11-5-7-14(12(2)9-11)17(18)15-10-13(19-3)6-8-16(15)20-4/h5-10,17-18H,1-4H3. The lowest BCUT2D eigenvalue weighted by Crippen LogP contribution is -2.05. The molecule has 1 atom stereocenters. The highest BCUT2D eigenvalue weighted by Gasteiger charge is 2.18. The predicted molar refractivity (Wildman–Crippen MR) is 79.5 cm³/mol. The molecule has 20 heavy (non-hydrogen) atoms. The smallest absolute Gasteiger partial charge is 0.125 e. The maximum absolute atomic E-state index is 10.7. The molecule has 2 aromatic rings. The van der Waals surface area contributed by atoms with E-state index in [0.717, 1.165) is 11.1 Å². The first-order valence-corrected chi connectivity index (χ1v) is 6.54. The minimum atomic E-state index is -0.736. The van der Waals surface area contributed by atoms with Crippen molar-refractivity contribution in [2.45, 2.75) is 20.0 Å². The molecule has 0 saturated heterocycles. The molecule has 0 radical (unpaired) electrons. The van der Waals surface area contributed by atoms with Crippen LogP contribution < -0.4 is 9.47 Å². The zero-order chi connectivity index (χ0) is 14.7. The van der Waals surface area contributed by atoms with Gasteiger partial charge >= 0.3 is 0 Å². The van der Waals surface area contributed by atoms with Gasteiger partial charge < -0.3 is 14.6 Å². The van der Waals surface area contributed by atoms with E-state index in [4.69, 9.17) is 9.47 Å². The van der Waals surface area contributed by atoms with E-state index in [-0.39, 0.29) is 0 Å². The SMILES string of the molecule is COc1ccc(OC)c(C(O)c2ccc(C)cc2C)c1. The third-order valence-electron chi connectivity index (χ3n) is 3.45. The highest BCUT2D eigenvalue weighted by atomic mass is 16.5. The lowest BCUT2D eigenvalue weighted by atomic mass is 9.95. The van der Waals surface area contributed by atoms with Crippen LogP contribution in [0.1, 0.15) is 28.4 Å². The third-order valence-corrected chi connectivity index (χ3v) is 3.45. The molecule has 0 spiro atoms. The molecule has 3 nitrogen and oxygen atoms in total. The predicted octanol–water partition coefficient (Wildman–Crippen LogP) is 3.40. The van der Waals surface area contributed by atoms with Crippen LogP contribution in [0.5, 0.6) is 11.5 Å². The van der Waals surface area contributed by atoms with E-state index in [0.29, 0.717) is 17.1 Å². The Hall–Kier alpha value is -2.00. The maximum Gasteiger partial charge on any atom is 0.125 e. The van der Waals surface area contributed by atoms with Gasteiger partial charge in [0.1, 0.15) is 17.6 Å². The summed E-state index contributed by atoms with van der Waals surface area (Å²) in [5.41, 5.74) is 3.82. The number of aliphatic hydroxyl groups excluding tert-OH is 1. The van der Waals surface area contributed by atoms with Crippen molar-refractivity contribution in [3.8, 4) is 11.5 Å². The highest BCUT2D eigenvalue weighted by Crippen LogP contribution is 2.34. The second-order valence-electron chi connectivity index (χ2n) is 4.87. The Balaban J connectivity index is 2.48. The minimum absolute atomic E-state index is 0.651. The Bertz CT molecular complexity index is 605. The molecule has 0 heterocycles. The number of aryl methyl sites for hydroxylation is 2. The van der Waals surface area contributed by atoms with E-state index < -0.39 is 6.10 Å². The summed E-state index contributed by atoms with van der Waals surface area (Å²) >= 11 is 0. The van der Waals surface area contributed by atoms with Crippen molar-refractivity contribution in [2.24, 2.45) is 0 Å². The third kappa shape index (κ3) is 2.78. The van der Waals surface area contributed by atoms with Gasteiger partial charge in [-0.05, 0) is 43.2 Å². The number of aliphatic hydroxyl groups is 1. The molecule has 1 N–H and O–H groups in total. The van der Waals surface area contributed by atoms with E-state index >= 15 is 0 Å². The minimum Gasteiger partial charge on any atom is -0.497 e. The summed E-state index contributed by atoms with van der Waals surface area (Å²) in [4.78, 5) is 0. The summed E-state index contributed by atoms with van der Waals surface area (Å²) in [5.74, 6) is 1.35. The first-order chi connectivity index (χ1) is 9.56. The summed E-state index contributed by atoms with van der Waals surface area (Å²) in [6.45, 7) is 4.04. The van der Waals surface area contributed by atoms with Crippen LogP contribution in [0, 0.1) is 13.8 Å². The number of rotatable bonds is 4. The van der Waals surface area contributed by atoms with Gasteiger partial charge in [0, 0.05) is 5.56 Å². The molecule has 0 aliphatic rings. The van der Waals surface area contributed by atoms with Gasteiger partial charge in [-0.25, -0.2) is 0 Å². The van der Waals surface area contributed by atoms with Crippen LogP contribution in [0.3, 0.4) is 0 Å². The summed E-state index contributed by atoms with van der Waals surface area (Å²) < 4.78 is 10.6. The normalized spacial score (nSPS) is 12.1. The van der Waals surface area contributed by atoms with Crippen LogP contribution in [0.4, 0.5) is 0 Å². The lowest BCUT2D eigenvalue weighted by Gasteiger charge is -2.18. The summed E-state index contributed by atoms with van der Waals surface area (Å²) in [6.07, 6.45) is -0.736. The van der Waals surface area contributed by atoms with E-state index in [1.807, 2.05) is 38.1 Å². The summed E-state index contributed by atoms with van der Waals surface area (Å²) in [6, 6.07) is 11.4. The van der Waals surface area contributed by atoms with E-state index in [9.17, 15) is 5.11 Å². The van der Waals surface area contributed by atoms with E-state index in [1.54, 1.807) is 20.3 Å². The molecule has 0 aliphatic carbocycles. The van der Waals surface area contributed by atoms with Gasteiger partial charge in [-0.15, -0.1) is 0 Å². The van der Waals surface area contributed by atoms with Gasteiger partial charge in [0.2, 0.25) is 0 Å². The first-order valence-electron chi connectivity index (χ1n) is 6.54. The van der Waals surface area contributed by atoms with Crippen molar-refractivity contribution in [1.82, 2.24) is 0 Å². The molecule has 3 heteroatoms. The first kappa shape index (κ1) is 14.4. The fourth-order valence-corrected chi connectivity index (χ4v) is 2.35. The number of hydrogen-bond acceptors (Lipinski definition) is 3. The molecule has 0 aromatic heterocycles. The van der Waals surface area contributed by atoms with Gasteiger partial charge in [0.25, 0.3) is 0 Å². The second kappa shape index (κ2) is 5.97. The summed E-state index contributed by atoms with van der Waals surface area (Å²) in [5, 5.41) is 10.7. The van der Waals surface area contributed by atoms with Crippen LogP contribution in [0.25, 0.3) is 0 Å². The topological polar surface area (TPSA) is 38.7 Å². The second-order valence-corrected chi connectivity index (χ2v) is 4.87. The van der Waals surface area contributed by atoms with Crippen molar-refractivity contribution in [3.63, 3.8) is 0 Å². The number of hydrogen-bond donors (Lipinski definition) is 1. The van der Waals surface area contributed by atoms with Crippen LogP contribution in [0.2, 0.25) is 0 Å². The van der Waals surface area contributed by atoms with Crippen LogP contribution in [-0.4, -0.2) is 19.3 Å². The average Bonchev–Trinajstić information content (AvgIpc) is 2.46. The van der Waals surface area contributed by atoms with Crippen molar-refractivity contribution >= 4 is 0 Å². The molecular formula is C17H20O3. The van der Waals surface area contributed by atoms with Gasteiger partial charge in [0.15, 0.2) is 0 Å². The average molecular weight is 272 g/mol. The number of ether oxygens (including phenoxy) is 2. The molecule has 0 aliphatic heterocycles. The fraction of sp³-hybridized carbons (Fsp3) is 0.294. The van der Waals surface area contributed by atoms with Crippen molar-refractivity contribution in [3.05, 3.63) is 58.7 Å². The van der Waals surface area contributed by atoms with Gasteiger partial charge in [0.05, 0.1) is 14.2 Å². The van der Waals surface area contributed by atoms with Crippen LogP contribution >= 0.6 is 0 Å². The van der Waals surface area contributed by atoms with E-state index in [1.165, 1.54) is 5.56 Å². The largest absolute Gasteiger partial charge is 0.497 e. The van der Waals surface area contributed by atoms with Crippen molar-refractivity contribution < 1.29 is 14.6 Å². The van der Waals surface area contributed by atoms with Crippen LogP contribution in [0.15, 0.2) is 36.4 Å². The van der Waals surface area contributed by atoms with Gasteiger partial charge in [-0.2, -0.15) is 0 Å². The van der Waals surface area contributed by atoms with Gasteiger partial charge in [-0.3, -0.25) is 0 Å². The van der Waals surface area contributed by atoms with Crippen molar-refractivity contribution in [1.29, 1.82) is 0 Å². The maximum atomic E-state index is 10.7. The number of methoxy groups -OCH3 is 2. The van der Waals surface area contributed by atoms with Gasteiger partial charge in [-0.1, -0.05) is 23.8 Å². The molecule has 106 valence electrons. The Morgan fingerprint density at radius 1 is 0.900 bits per heavy atom. The molecule has 1 unspecified atom stereocenters. The lowest BCUT2D eigenvalue weighted by molar-refractivity contribution is 0.213. The van der Waals surface area contributed by atoms with Crippen LogP contribution in [-0.2, 0) is 0 Å². The monoisotopic (exact) mass is 272 g/mol. The molecule has 0 amide bonds. The Morgan fingerprint density at radius 2 is 1.65 bits per heavy atom. The molecule has 0 fully saturated rings. The molecular weight excluding hydrogens is 252 g/mol. The zero-order valence-corrected chi connectivity index (χ0v) is 12.3. The summed E-state index contributed by atoms with van der Waals surface area (Å²) in [7, 11) is 3.20. The van der Waals surface area contributed by atoms with Crippen molar-refractivity contribution in [2.75, 3.05) is 14.2 Å². The molecule has 2 aromatic carbocycles. The fourth-order valence-electron chi connectivity index (χ4n) is 2.35. The number of benzene rings is 2. The quantitative estimate of drug-likeness (QED) is 0.927. The zero-order valence-electron chi connectivity index (χ0n) is 12.3. The Kier molecular flexibility index (Phi) is 4.30. The molecule has 0 bridgehead atoms. The highest BCUT2D eigenvalue weighted by molar-refractivity contribution is 5.46. The van der Waals surface area contributed by atoms with E-state index in [2.05, 4.69) is 6.07 Å². The molecule has 2 rings (SSSR count). The molecule has 0 saturated carbocycles. The Morgan fingerprint density at radius 3 is 2.25 bits per heavy atom. The Labute approximate surface area is 119 Å².